The van der Waals surface area contributed by atoms with E-state index in [4.69, 9.17) is 5.73 Å². The molecule has 112 valence electrons. The van der Waals surface area contributed by atoms with Crippen molar-refractivity contribution in [2.24, 2.45) is 11.7 Å². The lowest BCUT2D eigenvalue weighted by Gasteiger charge is -2.32. The van der Waals surface area contributed by atoms with Gasteiger partial charge < -0.3 is 10.6 Å². The minimum atomic E-state index is -4.38. The van der Waals surface area contributed by atoms with Crippen LogP contribution < -0.4 is 5.73 Å². The fourth-order valence-corrected chi connectivity index (χ4v) is 2.52. The van der Waals surface area contributed by atoms with E-state index in [1.807, 2.05) is 6.26 Å². The van der Waals surface area contributed by atoms with E-state index in [2.05, 4.69) is 0 Å². The van der Waals surface area contributed by atoms with Crippen LogP contribution in [0.5, 0.6) is 0 Å². The number of hydrogen-bond donors (Lipinski definition) is 1. The van der Waals surface area contributed by atoms with Gasteiger partial charge in [-0.2, -0.15) is 24.9 Å². The molecule has 1 saturated carbocycles. The lowest BCUT2D eigenvalue weighted by molar-refractivity contribution is -0.166. The van der Waals surface area contributed by atoms with Gasteiger partial charge in [0.25, 0.3) is 0 Å². The highest BCUT2D eigenvalue weighted by atomic mass is 32.2. The van der Waals surface area contributed by atoms with Gasteiger partial charge in [-0.25, -0.2) is 0 Å². The zero-order valence-corrected chi connectivity index (χ0v) is 12.1. The molecule has 1 aliphatic carbocycles. The van der Waals surface area contributed by atoms with Gasteiger partial charge in [-0.15, -0.1) is 0 Å². The van der Waals surface area contributed by atoms with Crippen molar-refractivity contribution >= 4 is 17.7 Å². The largest absolute Gasteiger partial charge is 0.406 e. The molecule has 0 radical (unpaired) electrons. The second-order valence-electron chi connectivity index (χ2n) is 5.05. The number of alkyl halides is 3. The van der Waals surface area contributed by atoms with Crippen molar-refractivity contribution in [3.05, 3.63) is 0 Å². The first-order valence-corrected chi connectivity index (χ1v) is 7.77. The van der Waals surface area contributed by atoms with Crippen molar-refractivity contribution in [2.75, 3.05) is 18.6 Å². The van der Waals surface area contributed by atoms with Crippen molar-refractivity contribution in [1.29, 1.82) is 0 Å². The normalized spacial score (nSPS) is 19.1. The van der Waals surface area contributed by atoms with Crippen LogP contribution in [0.1, 0.15) is 26.2 Å². The molecular formula is C12H21F3N2OS. The molecule has 0 aromatic rings. The van der Waals surface area contributed by atoms with Gasteiger partial charge in [-0.1, -0.05) is 0 Å². The first kappa shape index (κ1) is 16.6. The van der Waals surface area contributed by atoms with Crippen molar-refractivity contribution in [3.63, 3.8) is 0 Å². The fourth-order valence-electron chi connectivity index (χ4n) is 2.03. The van der Waals surface area contributed by atoms with Crippen molar-refractivity contribution in [3.8, 4) is 0 Å². The molecule has 0 aromatic carbocycles. The van der Waals surface area contributed by atoms with Gasteiger partial charge in [0.15, 0.2) is 0 Å². The quantitative estimate of drug-likeness (QED) is 0.784. The molecule has 2 atom stereocenters. The van der Waals surface area contributed by atoms with E-state index < -0.39 is 24.7 Å². The highest BCUT2D eigenvalue weighted by molar-refractivity contribution is 7.98. The number of rotatable bonds is 7. The van der Waals surface area contributed by atoms with E-state index in [0.717, 1.165) is 17.7 Å². The zero-order chi connectivity index (χ0) is 14.6. The van der Waals surface area contributed by atoms with Gasteiger partial charge >= 0.3 is 6.18 Å². The topological polar surface area (TPSA) is 46.3 Å². The number of carbonyl (C=O) groups is 1. The summed E-state index contributed by atoms with van der Waals surface area (Å²) in [5.41, 5.74) is 5.71. The molecule has 19 heavy (non-hydrogen) atoms. The van der Waals surface area contributed by atoms with Crippen LogP contribution in [0.3, 0.4) is 0 Å². The summed E-state index contributed by atoms with van der Waals surface area (Å²) in [5, 5.41) is 0. The van der Waals surface area contributed by atoms with E-state index in [-0.39, 0.29) is 12.0 Å². The van der Waals surface area contributed by atoms with Crippen LogP contribution in [0, 0.1) is 5.92 Å². The third-order valence-electron chi connectivity index (χ3n) is 3.38. The van der Waals surface area contributed by atoms with Crippen LogP contribution >= 0.6 is 11.8 Å². The first-order valence-electron chi connectivity index (χ1n) is 6.38. The average Bonchev–Trinajstić information content (AvgIpc) is 3.14. The fraction of sp³-hybridized carbons (Fsp3) is 0.917. The second-order valence-corrected chi connectivity index (χ2v) is 6.03. The van der Waals surface area contributed by atoms with Crippen LogP contribution in [0.4, 0.5) is 13.2 Å². The summed E-state index contributed by atoms with van der Waals surface area (Å²) in [7, 11) is 0. The first-order chi connectivity index (χ1) is 8.76. The second kappa shape index (κ2) is 6.83. The molecule has 1 unspecified atom stereocenters. The SMILES string of the molecule is CSCC[C@@H](N)C(=O)N(CC(F)(F)F)C(C)C1CC1. The van der Waals surface area contributed by atoms with Crippen molar-refractivity contribution < 1.29 is 18.0 Å². The van der Waals surface area contributed by atoms with Crippen LogP contribution in [-0.4, -0.2) is 47.6 Å². The Morgan fingerprint density at radius 1 is 1.47 bits per heavy atom. The van der Waals surface area contributed by atoms with Crippen LogP contribution in [0.2, 0.25) is 0 Å². The lowest BCUT2D eigenvalue weighted by atomic mass is 10.1. The molecule has 0 aromatic heterocycles. The van der Waals surface area contributed by atoms with Gasteiger partial charge in [-0.3, -0.25) is 4.79 Å². The average molecular weight is 298 g/mol. The number of amides is 1. The molecule has 3 nitrogen and oxygen atoms in total. The maximum atomic E-state index is 12.6. The molecule has 0 heterocycles. The lowest BCUT2D eigenvalue weighted by Crippen LogP contribution is -2.52. The Balaban J connectivity index is 2.68. The van der Waals surface area contributed by atoms with E-state index in [1.54, 1.807) is 6.92 Å². The molecule has 0 aliphatic heterocycles. The summed E-state index contributed by atoms with van der Waals surface area (Å²) >= 11 is 1.53. The Labute approximate surface area is 116 Å². The van der Waals surface area contributed by atoms with Crippen LogP contribution in [0.15, 0.2) is 0 Å². The summed E-state index contributed by atoms with van der Waals surface area (Å²) in [6.07, 6.45) is -0.313. The predicted octanol–water partition coefficient (Wildman–Crippen LogP) is 2.26. The van der Waals surface area contributed by atoms with Gasteiger partial charge in [0.05, 0.1) is 6.04 Å². The Morgan fingerprint density at radius 2 is 2.05 bits per heavy atom. The number of nitrogens with two attached hydrogens (primary N) is 1. The molecule has 1 rings (SSSR count). The smallest absolute Gasteiger partial charge is 0.329 e. The minimum Gasteiger partial charge on any atom is -0.329 e. The monoisotopic (exact) mass is 298 g/mol. The summed E-state index contributed by atoms with van der Waals surface area (Å²) in [6.45, 7) is 0.485. The number of halogens is 3. The maximum Gasteiger partial charge on any atom is 0.406 e. The molecule has 1 amide bonds. The van der Waals surface area contributed by atoms with Crippen LogP contribution in [0.25, 0.3) is 0 Å². The molecule has 2 N–H and O–H groups in total. The van der Waals surface area contributed by atoms with E-state index in [1.165, 1.54) is 11.8 Å². The van der Waals surface area contributed by atoms with Crippen molar-refractivity contribution in [2.45, 2.75) is 44.4 Å². The van der Waals surface area contributed by atoms with Gasteiger partial charge in [0, 0.05) is 6.04 Å². The maximum absolute atomic E-state index is 12.6. The number of hydrogen-bond acceptors (Lipinski definition) is 3. The third kappa shape index (κ3) is 5.60. The summed E-state index contributed by atoms with van der Waals surface area (Å²) < 4.78 is 37.8. The predicted molar refractivity (Wildman–Crippen MR) is 70.9 cm³/mol. The summed E-state index contributed by atoms with van der Waals surface area (Å²) in [5.74, 6) is 0.287. The Morgan fingerprint density at radius 3 is 2.47 bits per heavy atom. The standard InChI is InChI=1S/C12H21F3N2OS/c1-8(9-3-4-9)17(7-12(13,14)15)11(18)10(16)5-6-19-2/h8-10H,3-7,16H2,1-2H3/t8?,10-/m1/s1. The Bertz CT molecular complexity index is 308. The molecule has 1 fully saturated rings. The highest BCUT2D eigenvalue weighted by Crippen LogP contribution is 2.36. The van der Waals surface area contributed by atoms with E-state index in [0.29, 0.717) is 12.2 Å². The summed E-state index contributed by atoms with van der Waals surface area (Å²) in [4.78, 5) is 13.0. The van der Waals surface area contributed by atoms with E-state index in [9.17, 15) is 18.0 Å². The van der Waals surface area contributed by atoms with Gasteiger partial charge in [-0.05, 0) is 44.1 Å². The van der Waals surface area contributed by atoms with Crippen molar-refractivity contribution in [1.82, 2.24) is 4.90 Å². The molecule has 1 aliphatic rings. The number of nitrogens with zero attached hydrogens (tertiary/aromatic N) is 1. The van der Waals surface area contributed by atoms with E-state index >= 15 is 0 Å². The number of carbonyl (C=O) groups excluding carboxylic acids is 1. The number of thioether (sulfide) groups is 1. The molecule has 0 saturated heterocycles. The van der Waals surface area contributed by atoms with Gasteiger partial charge in [0.2, 0.25) is 5.91 Å². The molecule has 7 heteroatoms. The summed E-state index contributed by atoms with van der Waals surface area (Å²) in [6, 6.07) is -1.22. The molecule has 0 bridgehead atoms. The highest BCUT2D eigenvalue weighted by Gasteiger charge is 2.41. The minimum absolute atomic E-state index is 0.194. The van der Waals surface area contributed by atoms with Gasteiger partial charge in [0.1, 0.15) is 6.54 Å². The Hall–Kier alpha value is -0.430. The molecule has 0 spiro atoms. The Kier molecular flexibility index (Phi) is 5.98. The zero-order valence-electron chi connectivity index (χ0n) is 11.2. The molecular weight excluding hydrogens is 277 g/mol. The van der Waals surface area contributed by atoms with Crippen LogP contribution in [-0.2, 0) is 4.79 Å². The third-order valence-corrected chi connectivity index (χ3v) is 4.02.